The van der Waals surface area contributed by atoms with Crippen molar-refractivity contribution in [3.8, 4) is 0 Å². The highest BCUT2D eigenvalue weighted by Crippen LogP contribution is 2.29. The Morgan fingerprint density at radius 3 is 2.47 bits per heavy atom. The topological polar surface area (TPSA) is 12.0 Å². The van der Waals surface area contributed by atoms with Crippen LogP contribution in [0, 0.1) is 11.6 Å². The van der Waals surface area contributed by atoms with E-state index in [9.17, 15) is 8.78 Å². The lowest BCUT2D eigenvalue weighted by Crippen LogP contribution is -2.23. The van der Waals surface area contributed by atoms with Crippen molar-refractivity contribution < 1.29 is 8.78 Å². The van der Waals surface area contributed by atoms with Crippen molar-refractivity contribution >= 4 is 11.6 Å². The molecule has 0 amide bonds. The molecule has 1 N–H and O–H groups in total. The van der Waals surface area contributed by atoms with Crippen LogP contribution in [0.25, 0.3) is 0 Å². The van der Waals surface area contributed by atoms with Crippen LogP contribution < -0.4 is 5.32 Å². The minimum Gasteiger partial charge on any atom is -0.306 e. The van der Waals surface area contributed by atoms with Gasteiger partial charge in [0.15, 0.2) is 0 Å². The maximum Gasteiger partial charge on any atom is 0.131 e. The van der Waals surface area contributed by atoms with Gasteiger partial charge in [-0.1, -0.05) is 42.8 Å². The molecule has 0 bridgehead atoms. The zero-order chi connectivity index (χ0) is 13.8. The van der Waals surface area contributed by atoms with Gasteiger partial charge in [0.05, 0.1) is 6.04 Å². The molecule has 4 heteroatoms. The van der Waals surface area contributed by atoms with Gasteiger partial charge in [-0.2, -0.15) is 0 Å². The summed E-state index contributed by atoms with van der Waals surface area (Å²) in [4.78, 5) is 0. The molecule has 0 aliphatic heterocycles. The maximum absolute atomic E-state index is 13.9. The average molecular weight is 282 g/mol. The summed E-state index contributed by atoms with van der Waals surface area (Å²) in [5, 5.41) is 3.72. The molecule has 0 saturated heterocycles. The smallest absolute Gasteiger partial charge is 0.131 e. The van der Waals surface area contributed by atoms with E-state index in [4.69, 9.17) is 11.6 Å². The van der Waals surface area contributed by atoms with Gasteiger partial charge in [0.1, 0.15) is 11.6 Å². The third-order valence-electron chi connectivity index (χ3n) is 2.90. The standard InChI is InChI=1S/C15H14ClF2N/c1-2-19-15(11-5-3-4-6-13(11)16)12-8-7-10(17)9-14(12)18/h3-9,15,19H,2H2,1H3. The van der Waals surface area contributed by atoms with E-state index >= 15 is 0 Å². The molecule has 0 radical (unpaired) electrons. The van der Waals surface area contributed by atoms with Crippen LogP contribution in [-0.4, -0.2) is 6.54 Å². The lowest BCUT2D eigenvalue weighted by atomic mass is 9.98. The Kier molecular flexibility index (Phi) is 4.51. The Morgan fingerprint density at radius 1 is 1.11 bits per heavy atom. The zero-order valence-electron chi connectivity index (χ0n) is 10.5. The molecular weight excluding hydrogens is 268 g/mol. The molecule has 0 aromatic heterocycles. The molecule has 2 rings (SSSR count). The van der Waals surface area contributed by atoms with Crippen molar-refractivity contribution in [2.24, 2.45) is 0 Å². The van der Waals surface area contributed by atoms with Crippen LogP contribution in [-0.2, 0) is 0 Å². The van der Waals surface area contributed by atoms with E-state index in [1.807, 2.05) is 25.1 Å². The summed E-state index contributed by atoms with van der Waals surface area (Å²) in [7, 11) is 0. The fraction of sp³-hybridized carbons (Fsp3) is 0.200. The molecule has 0 aliphatic rings. The van der Waals surface area contributed by atoms with Gasteiger partial charge in [0, 0.05) is 16.7 Å². The Hall–Kier alpha value is -1.45. The van der Waals surface area contributed by atoms with Gasteiger partial charge in [-0.25, -0.2) is 8.78 Å². The van der Waals surface area contributed by atoms with E-state index in [1.165, 1.54) is 12.1 Å². The van der Waals surface area contributed by atoms with Gasteiger partial charge in [0.25, 0.3) is 0 Å². The van der Waals surface area contributed by atoms with Crippen molar-refractivity contribution in [3.63, 3.8) is 0 Å². The van der Waals surface area contributed by atoms with Crippen LogP contribution in [0.15, 0.2) is 42.5 Å². The number of hydrogen-bond donors (Lipinski definition) is 1. The van der Waals surface area contributed by atoms with Crippen LogP contribution in [0.5, 0.6) is 0 Å². The molecule has 1 nitrogen and oxygen atoms in total. The van der Waals surface area contributed by atoms with Gasteiger partial charge in [-0.15, -0.1) is 0 Å². The van der Waals surface area contributed by atoms with Crippen molar-refractivity contribution in [2.75, 3.05) is 6.54 Å². The highest BCUT2D eigenvalue weighted by Gasteiger charge is 2.19. The van der Waals surface area contributed by atoms with E-state index < -0.39 is 11.6 Å². The first kappa shape index (κ1) is 14.0. The predicted octanol–water partition coefficient (Wildman–Crippen LogP) is 4.32. The summed E-state index contributed by atoms with van der Waals surface area (Å²) >= 11 is 6.15. The first-order valence-electron chi connectivity index (χ1n) is 6.06. The van der Waals surface area contributed by atoms with E-state index in [0.29, 0.717) is 17.1 Å². The number of hydrogen-bond acceptors (Lipinski definition) is 1. The summed E-state index contributed by atoms with van der Waals surface area (Å²) in [6.07, 6.45) is 0. The first-order valence-corrected chi connectivity index (χ1v) is 6.44. The first-order chi connectivity index (χ1) is 9.13. The summed E-state index contributed by atoms with van der Waals surface area (Å²) < 4.78 is 26.9. The molecule has 1 atom stereocenters. The summed E-state index contributed by atoms with van der Waals surface area (Å²) in [5.41, 5.74) is 1.16. The van der Waals surface area contributed by atoms with Gasteiger partial charge >= 0.3 is 0 Å². The van der Waals surface area contributed by atoms with Crippen LogP contribution in [0.1, 0.15) is 24.1 Å². The largest absolute Gasteiger partial charge is 0.306 e. The van der Waals surface area contributed by atoms with Crippen LogP contribution in [0.3, 0.4) is 0 Å². The van der Waals surface area contributed by atoms with E-state index in [-0.39, 0.29) is 6.04 Å². The number of rotatable bonds is 4. The predicted molar refractivity (Wildman–Crippen MR) is 73.3 cm³/mol. The van der Waals surface area contributed by atoms with E-state index in [1.54, 1.807) is 6.07 Å². The van der Waals surface area contributed by atoms with Gasteiger partial charge in [-0.3, -0.25) is 0 Å². The SMILES string of the molecule is CCNC(c1ccc(F)cc1F)c1ccccc1Cl. The quantitative estimate of drug-likeness (QED) is 0.880. The molecule has 0 saturated carbocycles. The summed E-state index contributed by atoms with van der Waals surface area (Å²) in [6, 6.07) is 10.4. The van der Waals surface area contributed by atoms with Crippen molar-refractivity contribution in [3.05, 3.63) is 70.2 Å². The number of benzene rings is 2. The molecule has 0 aliphatic carbocycles. The molecule has 0 spiro atoms. The van der Waals surface area contributed by atoms with Crippen LogP contribution in [0.2, 0.25) is 5.02 Å². The monoisotopic (exact) mass is 281 g/mol. The number of halogens is 3. The second-order valence-electron chi connectivity index (χ2n) is 4.18. The molecule has 19 heavy (non-hydrogen) atoms. The third kappa shape index (κ3) is 3.11. The van der Waals surface area contributed by atoms with Crippen LogP contribution in [0.4, 0.5) is 8.78 Å². The molecular formula is C15H14ClF2N. The Labute approximate surface area is 116 Å². The highest BCUT2D eigenvalue weighted by atomic mass is 35.5. The maximum atomic E-state index is 13.9. The average Bonchev–Trinajstić information content (AvgIpc) is 2.38. The molecule has 0 fully saturated rings. The highest BCUT2D eigenvalue weighted by molar-refractivity contribution is 6.31. The van der Waals surface area contributed by atoms with Crippen molar-refractivity contribution in [1.29, 1.82) is 0 Å². The fourth-order valence-electron chi connectivity index (χ4n) is 2.04. The summed E-state index contributed by atoms with van der Waals surface area (Å²) in [6.45, 7) is 2.57. The van der Waals surface area contributed by atoms with E-state index in [2.05, 4.69) is 5.32 Å². The Bertz CT molecular complexity index is 572. The minimum atomic E-state index is -0.587. The molecule has 0 heterocycles. The lowest BCUT2D eigenvalue weighted by Gasteiger charge is -2.20. The van der Waals surface area contributed by atoms with Gasteiger partial charge in [-0.05, 0) is 24.2 Å². The zero-order valence-corrected chi connectivity index (χ0v) is 11.2. The molecule has 2 aromatic rings. The Morgan fingerprint density at radius 2 is 1.84 bits per heavy atom. The number of nitrogens with one attached hydrogen (secondary N) is 1. The van der Waals surface area contributed by atoms with Gasteiger partial charge in [0.2, 0.25) is 0 Å². The summed E-state index contributed by atoms with van der Waals surface area (Å²) in [5.74, 6) is -1.17. The second-order valence-corrected chi connectivity index (χ2v) is 4.59. The molecule has 1 unspecified atom stereocenters. The van der Waals surface area contributed by atoms with Gasteiger partial charge < -0.3 is 5.32 Å². The second kappa shape index (κ2) is 6.13. The molecule has 100 valence electrons. The Balaban J connectivity index is 2.48. The van der Waals surface area contributed by atoms with Crippen molar-refractivity contribution in [2.45, 2.75) is 13.0 Å². The van der Waals surface area contributed by atoms with Crippen LogP contribution >= 0.6 is 11.6 Å². The molecule has 2 aromatic carbocycles. The lowest BCUT2D eigenvalue weighted by molar-refractivity contribution is 0.541. The third-order valence-corrected chi connectivity index (χ3v) is 3.24. The normalized spacial score (nSPS) is 12.4. The van der Waals surface area contributed by atoms with Crippen molar-refractivity contribution in [1.82, 2.24) is 5.32 Å². The fourth-order valence-corrected chi connectivity index (χ4v) is 2.28. The minimum absolute atomic E-state index is 0.386. The van der Waals surface area contributed by atoms with E-state index in [0.717, 1.165) is 11.6 Å².